The third kappa shape index (κ3) is 1.74. The van der Waals surface area contributed by atoms with Gasteiger partial charge in [-0.25, -0.2) is 4.79 Å². The van der Waals surface area contributed by atoms with Gasteiger partial charge in [-0.2, -0.15) is 0 Å². The van der Waals surface area contributed by atoms with Gasteiger partial charge in [0.05, 0.1) is 0 Å². The molecule has 0 aromatic heterocycles. The first-order valence-corrected chi connectivity index (χ1v) is 6.54. The molecule has 2 rings (SSSR count). The smallest absolute Gasteiger partial charge is 0.329 e. The molecule has 0 spiro atoms. The fourth-order valence-electron chi connectivity index (χ4n) is 3.87. The summed E-state index contributed by atoms with van der Waals surface area (Å²) in [5, 5.41) is 9.64. The predicted octanol–water partition coefficient (Wildman–Crippen LogP) is 1.89. The van der Waals surface area contributed by atoms with Crippen LogP contribution in [0.15, 0.2) is 0 Å². The van der Waals surface area contributed by atoms with Crippen LogP contribution in [0.25, 0.3) is 0 Å². The molecule has 1 N–H and O–H groups in total. The van der Waals surface area contributed by atoms with E-state index >= 15 is 0 Å². The summed E-state index contributed by atoms with van der Waals surface area (Å²) >= 11 is 0. The number of carboxylic acid groups (broad SMARTS) is 1. The maximum absolute atomic E-state index is 11.8. The van der Waals surface area contributed by atoms with E-state index in [4.69, 9.17) is 0 Å². The van der Waals surface area contributed by atoms with Crippen LogP contribution in [-0.2, 0) is 9.59 Å². The Morgan fingerprint density at radius 1 is 1.41 bits per heavy atom. The minimum atomic E-state index is -0.898. The highest BCUT2D eigenvalue weighted by Gasteiger charge is 2.59. The van der Waals surface area contributed by atoms with Gasteiger partial charge in [0.25, 0.3) is 0 Å². The van der Waals surface area contributed by atoms with Gasteiger partial charge in [-0.3, -0.25) is 4.79 Å². The molecule has 0 aromatic rings. The Kier molecular flexibility index (Phi) is 3.15. The summed E-state index contributed by atoms with van der Waals surface area (Å²) in [6.07, 6.45) is 4.56. The van der Waals surface area contributed by atoms with Crippen LogP contribution in [0.4, 0.5) is 0 Å². The van der Waals surface area contributed by atoms with Crippen molar-refractivity contribution in [1.29, 1.82) is 0 Å². The van der Waals surface area contributed by atoms with Crippen LogP contribution in [0.3, 0.4) is 0 Å². The Morgan fingerprint density at radius 2 is 2.12 bits per heavy atom. The van der Waals surface area contributed by atoms with Crippen molar-refractivity contribution in [3.05, 3.63) is 0 Å². The molecule has 0 heterocycles. The average Bonchev–Trinajstić information content (AvgIpc) is 2.85. The Morgan fingerprint density at radius 3 is 2.47 bits per heavy atom. The molecule has 3 atom stereocenters. The van der Waals surface area contributed by atoms with Crippen molar-refractivity contribution in [2.75, 3.05) is 6.54 Å². The van der Waals surface area contributed by atoms with Crippen LogP contribution in [0.5, 0.6) is 0 Å². The average molecular weight is 239 g/mol. The topological polar surface area (TPSA) is 57.6 Å². The zero-order valence-electron chi connectivity index (χ0n) is 10.6. The largest absolute Gasteiger partial charge is 0.479 e. The van der Waals surface area contributed by atoms with E-state index in [2.05, 4.69) is 0 Å². The van der Waals surface area contributed by atoms with Gasteiger partial charge in [0.15, 0.2) is 0 Å². The summed E-state index contributed by atoms with van der Waals surface area (Å²) in [5.74, 6) is -0.217. The van der Waals surface area contributed by atoms with Gasteiger partial charge in [0.1, 0.15) is 5.54 Å². The first kappa shape index (κ1) is 12.4. The van der Waals surface area contributed by atoms with Crippen molar-refractivity contribution in [3.8, 4) is 0 Å². The van der Waals surface area contributed by atoms with E-state index in [-0.39, 0.29) is 11.8 Å². The molecule has 0 saturated heterocycles. The van der Waals surface area contributed by atoms with Gasteiger partial charge in [-0.15, -0.1) is 0 Å². The zero-order chi connectivity index (χ0) is 12.6. The van der Waals surface area contributed by atoms with Crippen molar-refractivity contribution in [2.45, 2.75) is 51.5 Å². The maximum Gasteiger partial charge on any atom is 0.329 e. The van der Waals surface area contributed by atoms with E-state index in [0.29, 0.717) is 18.9 Å². The number of nitrogens with zero attached hydrogens (tertiary/aromatic N) is 1. The van der Waals surface area contributed by atoms with E-state index in [9.17, 15) is 14.7 Å². The normalized spacial score (nSPS) is 34.9. The summed E-state index contributed by atoms with van der Waals surface area (Å²) in [4.78, 5) is 25.1. The van der Waals surface area contributed by atoms with E-state index in [1.807, 2.05) is 6.92 Å². The molecule has 2 aliphatic rings. The number of carbonyl (C=O) groups is 2. The van der Waals surface area contributed by atoms with Crippen molar-refractivity contribution in [2.24, 2.45) is 11.8 Å². The second-order valence-corrected chi connectivity index (χ2v) is 5.48. The lowest BCUT2D eigenvalue weighted by Crippen LogP contribution is -2.59. The minimum absolute atomic E-state index is 0.0956. The van der Waals surface area contributed by atoms with Gasteiger partial charge in [-0.05, 0) is 43.9 Å². The first-order chi connectivity index (χ1) is 8.02. The van der Waals surface area contributed by atoms with Gasteiger partial charge < -0.3 is 10.0 Å². The third-order valence-electron chi connectivity index (χ3n) is 4.50. The molecule has 1 amide bonds. The molecule has 2 bridgehead atoms. The van der Waals surface area contributed by atoms with Gasteiger partial charge in [-0.1, -0.05) is 6.92 Å². The van der Waals surface area contributed by atoms with Crippen LogP contribution in [0, 0.1) is 11.8 Å². The van der Waals surface area contributed by atoms with Crippen molar-refractivity contribution >= 4 is 11.9 Å². The van der Waals surface area contributed by atoms with Crippen molar-refractivity contribution in [1.82, 2.24) is 4.90 Å². The number of amides is 1. The monoisotopic (exact) mass is 239 g/mol. The van der Waals surface area contributed by atoms with E-state index in [1.54, 1.807) is 4.90 Å². The summed E-state index contributed by atoms with van der Waals surface area (Å²) in [6.45, 7) is 4.04. The van der Waals surface area contributed by atoms with Crippen LogP contribution < -0.4 is 0 Å². The molecule has 17 heavy (non-hydrogen) atoms. The van der Waals surface area contributed by atoms with Crippen LogP contribution in [0.2, 0.25) is 0 Å². The van der Waals surface area contributed by atoms with E-state index in [1.165, 1.54) is 6.92 Å². The molecule has 3 unspecified atom stereocenters. The summed E-state index contributed by atoms with van der Waals surface area (Å²) in [7, 11) is 0. The molecule has 0 radical (unpaired) electrons. The lowest BCUT2D eigenvalue weighted by Gasteiger charge is -2.43. The fourth-order valence-corrected chi connectivity index (χ4v) is 3.87. The number of carbonyl (C=O) groups excluding carboxylic acids is 1. The van der Waals surface area contributed by atoms with E-state index in [0.717, 1.165) is 25.7 Å². The molecule has 4 nitrogen and oxygen atoms in total. The first-order valence-electron chi connectivity index (χ1n) is 6.54. The van der Waals surface area contributed by atoms with Crippen LogP contribution >= 0.6 is 0 Å². The Hall–Kier alpha value is -1.06. The summed E-state index contributed by atoms with van der Waals surface area (Å²) in [6, 6.07) is 0. The Balaban J connectivity index is 2.33. The molecule has 96 valence electrons. The third-order valence-corrected chi connectivity index (χ3v) is 4.50. The molecule has 2 fully saturated rings. The van der Waals surface area contributed by atoms with Gasteiger partial charge >= 0.3 is 5.97 Å². The molecule has 0 aromatic carbocycles. The lowest BCUT2D eigenvalue weighted by atomic mass is 9.79. The number of aliphatic carboxylic acids is 1. The number of hydrogen-bond acceptors (Lipinski definition) is 2. The molecule has 2 saturated carbocycles. The second-order valence-electron chi connectivity index (χ2n) is 5.48. The van der Waals surface area contributed by atoms with Crippen molar-refractivity contribution in [3.63, 3.8) is 0 Å². The minimum Gasteiger partial charge on any atom is -0.479 e. The highest BCUT2D eigenvalue weighted by molar-refractivity contribution is 5.87. The zero-order valence-corrected chi connectivity index (χ0v) is 10.6. The number of fused-ring (bicyclic) bond motifs is 2. The van der Waals surface area contributed by atoms with Gasteiger partial charge in [0, 0.05) is 13.5 Å². The quantitative estimate of drug-likeness (QED) is 0.815. The molecule has 0 aliphatic heterocycles. The van der Waals surface area contributed by atoms with Crippen LogP contribution in [-0.4, -0.2) is 34.0 Å². The fraction of sp³-hybridized carbons (Fsp3) is 0.846. The summed E-state index contributed by atoms with van der Waals surface area (Å²) in [5.41, 5.74) is -0.898. The Labute approximate surface area is 102 Å². The predicted molar refractivity (Wildman–Crippen MR) is 63.5 cm³/mol. The number of hydrogen-bond donors (Lipinski definition) is 1. The second kappa shape index (κ2) is 4.31. The van der Waals surface area contributed by atoms with Crippen molar-refractivity contribution < 1.29 is 14.7 Å². The van der Waals surface area contributed by atoms with Crippen LogP contribution in [0.1, 0.15) is 46.0 Å². The Bertz CT molecular complexity index is 342. The SMILES string of the molecule is CCCN(C(C)=O)C1(C(=O)O)CC2CCC1C2. The number of carboxylic acids is 1. The molecular formula is C13H21NO3. The lowest BCUT2D eigenvalue weighted by molar-refractivity contribution is -0.163. The number of rotatable bonds is 4. The van der Waals surface area contributed by atoms with Gasteiger partial charge in [0.2, 0.25) is 5.91 Å². The standard InChI is InChI=1S/C13H21NO3/c1-3-6-14(9(2)15)13(12(16)17)8-10-4-5-11(13)7-10/h10-11H,3-8H2,1-2H3,(H,16,17). The maximum atomic E-state index is 11.8. The highest BCUT2D eigenvalue weighted by Crippen LogP contribution is 2.53. The molecular weight excluding hydrogens is 218 g/mol. The molecule has 2 aliphatic carbocycles. The summed E-state index contributed by atoms with van der Waals surface area (Å²) < 4.78 is 0. The molecule has 4 heteroatoms. The van der Waals surface area contributed by atoms with E-state index < -0.39 is 11.5 Å². The highest BCUT2D eigenvalue weighted by atomic mass is 16.4.